The summed E-state index contributed by atoms with van der Waals surface area (Å²) in [5, 5.41) is 3.05. The number of aryl methyl sites for hydroxylation is 2. The average Bonchev–Trinajstić information content (AvgIpc) is 3.31. The van der Waals surface area contributed by atoms with Crippen LogP contribution >= 0.6 is 0 Å². The third-order valence-corrected chi connectivity index (χ3v) is 7.82. The van der Waals surface area contributed by atoms with Gasteiger partial charge < -0.3 is 9.88 Å². The Morgan fingerprint density at radius 2 is 1.61 bits per heavy atom. The maximum atomic E-state index is 13.1. The number of aromatic nitrogens is 1. The summed E-state index contributed by atoms with van der Waals surface area (Å²) in [5.74, 6) is -0.130. The van der Waals surface area contributed by atoms with Crippen LogP contribution in [0.25, 0.3) is 5.69 Å². The van der Waals surface area contributed by atoms with Gasteiger partial charge in [0.05, 0.1) is 4.90 Å². The number of nitrogens with one attached hydrogen (secondary N) is 1. The molecule has 1 fully saturated rings. The summed E-state index contributed by atoms with van der Waals surface area (Å²) in [5.41, 5.74) is 3.27. The quantitative estimate of drug-likeness (QED) is 0.662. The highest BCUT2D eigenvalue weighted by atomic mass is 32.2. The Labute approximate surface area is 183 Å². The zero-order valence-corrected chi connectivity index (χ0v) is 18.6. The minimum atomic E-state index is -3.53. The molecule has 1 saturated heterocycles. The molecule has 0 unspecified atom stereocenters. The second kappa shape index (κ2) is 8.69. The van der Waals surface area contributed by atoms with Crippen LogP contribution < -0.4 is 5.32 Å². The number of carbonyl (C=O) groups excluding carboxylic acids is 1. The second-order valence-electron chi connectivity index (χ2n) is 8.06. The molecule has 0 spiro atoms. The van der Waals surface area contributed by atoms with E-state index in [2.05, 4.69) is 5.32 Å². The van der Waals surface area contributed by atoms with Gasteiger partial charge in [0.1, 0.15) is 0 Å². The summed E-state index contributed by atoms with van der Waals surface area (Å²) in [4.78, 5) is 13.0. The first-order valence-corrected chi connectivity index (χ1v) is 11.9. The molecule has 0 atom stereocenters. The van der Waals surface area contributed by atoms with Crippen LogP contribution in [0.4, 0.5) is 0 Å². The highest BCUT2D eigenvalue weighted by molar-refractivity contribution is 7.89. The second-order valence-corrected chi connectivity index (χ2v) is 9.96. The van der Waals surface area contributed by atoms with Gasteiger partial charge in [-0.2, -0.15) is 4.31 Å². The molecule has 6 nitrogen and oxygen atoms in total. The third-order valence-electron chi connectivity index (χ3n) is 5.78. The summed E-state index contributed by atoms with van der Waals surface area (Å²) >= 11 is 0. The van der Waals surface area contributed by atoms with Crippen molar-refractivity contribution in [3.05, 3.63) is 83.7 Å². The SMILES string of the molecule is Cc1ccc(C)c(S(=O)(=O)N2CCC(NC(=O)c3ccc(-n4cccc4)cc3)CC2)c1. The van der Waals surface area contributed by atoms with Crippen LogP contribution in [0, 0.1) is 13.8 Å². The predicted octanol–water partition coefficient (Wildman–Crippen LogP) is 3.68. The van der Waals surface area contributed by atoms with Crippen LogP contribution in [0.3, 0.4) is 0 Å². The van der Waals surface area contributed by atoms with Gasteiger partial charge in [-0.1, -0.05) is 12.1 Å². The van der Waals surface area contributed by atoms with Crippen LogP contribution in [0.1, 0.15) is 34.3 Å². The molecule has 2 heterocycles. The molecule has 2 aromatic carbocycles. The molecule has 1 aliphatic heterocycles. The van der Waals surface area contributed by atoms with E-state index in [0.717, 1.165) is 16.8 Å². The molecule has 4 rings (SSSR count). The molecular weight excluding hydrogens is 410 g/mol. The summed E-state index contributed by atoms with van der Waals surface area (Å²) < 4.78 is 29.7. The van der Waals surface area contributed by atoms with E-state index in [1.165, 1.54) is 4.31 Å². The van der Waals surface area contributed by atoms with E-state index >= 15 is 0 Å². The van der Waals surface area contributed by atoms with E-state index in [9.17, 15) is 13.2 Å². The van der Waals surface area contributed by atoms with Gasteiger partial charge in [-0.15, -0.1) is 0 Å². The molecule has 1 aliphatic rings. The number of sulfonamides is 1. The van der Waals surface area contributed by atoms with Crippen molar-refractivity contribution in [3.63, 3.8) is 0 Å². The molecule has 1 N–H and O–H groups in total. The van der Waals surface area contributed by atoms with E-state index in [-0.39, 0.29) is 11.9 Å². The number of rotatable bonds is 5. The van der Waals surface area contributed by atoms with Crippen LogP contribution in [0.5, 0.6) is 0 Å². The first kappa shape index (κ1) is 21.3. The molecule has 7 heteroatoms. The molecule has 0 saturated carbocycles. The van der Waals surface area contributed by atoms with Gasteiger partial charge in [-0.25, -0.2) is 8.42 Å². The molecule has 31 heavy (non-hydrogen) atoms. The van der Waals surface area contributed by atoms with Crippen molar-refractivity contribution in [1.29, 1.82) is 0 Å². The average molecular weight is 438 g/mol. The Hall–Kier alpha value is -2.90. The highest BCUT2D eigenvalue weighted by Crippen LogP contribution is 2.24. The molecule has 0 radical (unpaired) electrons. The maximum absolute atomic E-state index is 13.1. The van der Waals surface area contributed by atoms with Gasteiger partial charge >= 0.3 is 0 Å². The molecule has 0 bridgehead atoms. The van der Waals surface area contributed by atoms with Gasteiger partial charge in [-0.05, 0) is 80.3 Å². The maximum Gasteiger partial charge on any atom is 0.251 e. The number of benzene rings is 2. The standard InChI is InChI=1S/C24H27N3O3S/c1-18-5-6-19(2)23(17-18)31(29,30)27-15-11-21(12-16-27)25-24(28)20-7-9-22(10-8-20)26-13-3-4-14-26/h3-10,13-14,17,21H,11-12,15-16H2,1-2H3,(H,25,28). The number of hydrogen-bond acceptors (Lipinski definition) is 3. The molecule has 162 valence electrons. The van der Waals surface area contributed by atoms with Crippen LogP contribution in [-0.4, -0.2) is 42.3 Å². The number of carbonyl (C=O) groups is 1. The smallest absolute Gasteiger partial charge is 0.251 e. The third kappa shape index (κ3) is 4.57. The first-order chi connectivity index (χ1) is 14.8. The molecule has 0 aliphatic carbocycles. The number of piperidine rings is 1. The summed E-state index contributed by atoms with van der Waals surface area (Å²) in [7, 11) is -3.53. The largest absolute Gasteiger partial charge is 0.349 e. The minimum absolute atomic E-state index is 0.0401. The van der Waals surface area contributed by atoms with Crippen molar-refractivity contribution < 1.29 is 13.2 Å². The lowest BCUT2D eigenvalue weighted by Crippen LogP contribution is -2.46. The Balaban J connectivity index is 1.37. The predicted molar refractivity (Wildman–Crippen MR) is 121 cm³/mol. The van der Waals surface area contributed by atoms with E-state index in [1.54, 1.807) is 6.07 Å². The van der Waals surface area contributed by atoms with Crippen LogP contribution in [0.15, 0.2) is 71.9 Å². The Bertz CT molecular complexity index is 1160. The van der Waals surface area contributed by atoms with E-state index in [1.807, 2.05) is 79.3 Å². The van der Waals surface area contributed by atoms with Crippen molar-refractivity contribution in [2.45, 2.75) is 37.6 Å². The van der Waals surface area contributed by atoms with Gasteiger partial charge in [0.2, 0.25) is 10.0 Å². The molecule has 3 aromatic rings. The van der Waals surface area contributed by atoms with Gasteiger partial charge in [-0.3, -0.25) is 4.79 Å². The lowest BCUT2D eigenvalue weighted by atomic mass is 10.1. The van der Waals surface area contributed by atoms with Gasteiger partial charge in [0.15, 0.2) is 0 Å². The molecular formula is C24H27N3O3S. The number of hydrogen-bond donors (Lipinski definition) is 1. The van der Waals surface area contributed by atoms with E-state index in [0.29, 0.717) is 36.4 Å². The monoisotopic (exact) mass is 437 g/mol. The van der Waals surface area contributed by atoms with Gasteiger partial charge in [0.25, 0.3) is 5.91 Å². The van der Waals surface area contributed by atoms with E-state index < -0.39 is 10.0 Å². The lowest BCUT2D eigenvalue weighted by Gasteiger charge is -2.32. The molecule has 1 amide bonds. The fourth-order valence-electron chi connectivity index (χ4n) is 3.93. The van der Waals surface area contributed by atoms with Crippen molar-refractivity contribution in [1.82, 2.24) is 14.2 Å². The summed E-state index contributed by atoms with van der Waals surface area (Å²) in [6.07, 6.45) is 5.10. The number of nitrogens with zero attached hydrogens (tertiary/aromatic N) is 2. The van der Waals surface area contributed by atoms with Crippen molar-refractivity contribution in [2.75, 3.05) is 13.1 Å². The lowest BCUT2D eigenvalue weighted by molar-refractivity contribution is 0.0924. The van der Waals surface area contributed by atoms with E-state index in [4.69, 9.17) is 0 Å². The number of amides is 1. The highest BCUT2D eigenvalue weighted by Gasteiger charge is 2.31. The first-order valence-electron chi connectivity index (χ1n) is 10.5. The van der Waals surface area contributed by atoms with Crippen LogP contribution in [0.2, 0.25) is 0 Å². The van der Waals surface area contributed by atoms with Crippen LogP contribution in [-0.2, 0) is 10.0 Å². The zero-order chi connectivity index (χ0) is 22.0. The van der Waals surface area contributed by atoms with Gasteiger partial charge in [0, 0.05) is 42.8 Å². The molecule has 1 aromatic heterocycles. The zero-order valence-electron chi connectivity index (χ0n) is 17.8. The Kier molecular flexibility index (Phi) is 5.98. The fraction of sp³-hybridized carbons (Fsp3) is 0.292. The van der Waals surface area contributed by atoms with Crippen molar-refractivity contribution in [3.8, 4) is 5.69 Å². The summed E-state index contributed by atoms with van der Waals surface area (Å²) in [6.45, 7) is 4.51. The Morgan fingerprint density at radius 1 is 0.968 bits per heavy atom. The minimum Gasteiger partial charge on any atom is -0.349 e. The Morgan fingerprint density at radius 3 is 2.26 bits per heavy atom. The summed E-state index contributed by atoms with van der Waals surface area (Å²) in [6, 6.07) is 16.8. The normalized spacial score (nSPS) is 15.7. The topological polar surface area (TPSA) is 71.4 Å². The van der Waals surface area contributed by atoms with Crippen molar-refractivity contribution >= 4 is 15.9 Å². The fourth-order valence-corrected chi connectivity index (χ4v) is 5.70. The van der Waals surface area contributed by atoms with Crippen molar-refractivity contribution in [2.24, 2.45) is 0 Å².